The van der Waals surface area contributed by atoms with Crippen molar-refractivity contribution in [2.24, 2.45) is 0 Å². The summed E-state index contributed by atoms with van der Waals surface area (Å²) in [5.74, 6) is -0.931. The first-order valence-electron chi connectivity index (χ1n) is 11.8. The van der Waals surface area contributed by atoms with Crippen molar-refractivity contribution >= 4 is 5.97 Å². The minimum absolute atomic E-state index is 0.0452. The fraction of sp³-hybridized carbons (Fsp3) is 0.957. The molecule has 0 aliphatic carbocycles. The third-order valence-corrected chi connectivity index (χ3v) is 5.80. The summed E-state index contributed by atoms with van der Waals surface area (Å²) in [5.41, 5.74) is 0. The van der Waals surface area contributed by atoms with E-state index >= 15 is 0 Å². The van der Waals surface area contributed by atoms with Crippen molar-refractivity contribution in [3.63, 3.8) is 0 Å². The number of ether oxygens (including phenoxy) is 2. The first kappa shape index (κ1) is 26.3. The van der Waals surface area contributed by atoms with E-state index in [1.807, 2.05) is 6.92 Å². The number of carboxylic acids is 1. The van der Waals surface area contributed by atoms with Crippen molar-refractivity contribution in [1.29, 1.82) is 0 Å². The highest BCUT2D eigenvalue weighted by molar-refractivity contribution is 5.63. The van der Waals surface area contributed by atoms with Gasteiger partial charge in [-0.2, -0.15) is 0 Å². The van der Waals surface area contributed by atoms with Crippen LogP contribution in [0, 0.1) is 0 Å². The lowest BCUT2D eigenvalue weighted by atomic mass is 10.0. The number of aliphatic hydroxyl groups is 2. The molecule has 1 aliphatic rings. The highest BCUT2D eigenvalue weighted by atomic mass is 16.7. The summed E-state index contributed by atoms with van der Waals surface area (Å²) in [6.45, 7) is 3.82. The Kier molecular flexibility index (Phi) is 14.6. The summed E-state index contributed by atoms with van der Waals surface area (Å²) in [4.78, 5) is 10.3. The number of carbonyl (C=O) groups excluding carboxylic acids is 1. The monoisotopic (exact) mass is 415 g/mol. The summed E-state index contributed by atoms with van der Waals surface area (Å²) in [6, 6.07) is 0. The molecule has 1 fully saturated rings. The molecule has 1 saturated heterocycles. The van der Waals surface area contributed by atoms with Crippen molar-refractivity contribution in [1.82, 2.24) is 0 Å². The Hall–Kier alpha value is -0.690. The predicted molar refractivity (Wildman–Crippen MR) is 111 cm³/mol. The average Bonchev–Trinajstić information content (AvgIpc) is 2.66. The van der Waals surface area contributed by atoms with Gasteiger partial charge in [0.2, 0.25) is 0 Å². The second kappa shape index (κ2) is 16.1. The molecule has 0 amide bonds. The van der Waals surface area contributed by atoms with Gasteiger partial charge in [-0.3, -0.25) is 0 Å². The molecule has 1 heterocycles. The molecule has 0 unspecified atom stereocenters. The number of hydrogen-bond acceptors (Lipinski definition) is 6. The summed E-state index contributed by atoms with van der Waals surface area (Å²) in [6.07, 6.45) is 13.3. The zero-order chi connectivity index (χ0) is 21.5. The number of carboxylic acid groups (broad SMARTS) is 1. The third kappa shape index (κ3) is 13.3. The second-order valence-electron chi connectivity index (χ2n) is 8.68. The normalized spacial score (nSPS) is 25.8. The van der Waals surface area contributed by atoms with Crippen LogP contribution in [0.15, 0.2) is 0 Å². The molecule has 0 aromatic rings. The van der Waals surface area contributed by atoms with E-state index < -0.39 is 24.5 Å². The molecule has 1 rings (SSSR count). The molecule has 0 radical (unpaired) electrons. The lowest BCUT2D eigenvalue weighted by Gasteiger charge is -2.36. The molecule has 0 spiro atoms. The Morgan fingerprint density at radius 1 is 0.931 bits per heavy atom. The van der Waals surface area contributed by atoms with Crippen LogP contribution in [0.4, 0.5) is 0 Å². The number of hydrogen-bond donors (Lipinski definition) is 2. The number of aliphatic carboxylic acids is 1. The molecule has 1 aliphatic heterocycles. The van der Waals surface area contributed by atoms with Crippen LogP contribution in [0.2, 0.25) is 0 Å². The Balaban J connectivity index is 1.86. The van der Waals surface area contributed by atoms with Crippen LogP contribution in [-0.2, 0) is 14.3 Å². The molecule has 29 heavy (non-hydrogen) atoms. The maximum Gasteiger partial charge on any atom is 0.184 e. The number of carbonyl (C=O) groups is 1. The SMILES string of the molecule is C[C@H](CCCCCCCCCCCCCCC(=O)[O-])O[C@@H]1O[C@@H](C)[C@H](O)C[C@H]1O. The predicted octanol–water partition coefficient (Wildman–Crippen LogP) is 3.46. The van der Waals surface area contributed by atoms with Gasteiger partial charge >= 0.3 is 0 Å². The first-order chi connectivity index (χ1) is 13.9. The van der Waals surface area contributed by atoms with Crippen LogP contribution < -0.4 is 5.11 Å². The highest BCUT2D eigenvalue weighted by Gasteiger charge is 2.35. The smallest absolute Gasteiger partial charge is 0.184 e. The summed E-state index contributed by atoms with van der Waals surface area (Å²) in [5, 5.41) is 30.0. The maximum absolute atomic E-state index is 10.3. The van der Waals surface area contributed by atoms with Gasteiger partial charge in [0, 0.05) is 12.4 Å². The third-order valence-electron chi connectivity index (χ3n) is 5.80. The van der Waals surface area contributed by atoms with E-state index in [-0.39, 0.29) is 18.6 Å². The lowest BCUT2D eigenvalue weighted by Crippen LogP contribution is -2.48. The molecular weight excluding hydrogens is 372 g/mol. The van der Waals surface area contributed by atoms with Gasteiger partial charge < -0.3 is 29.6 Å². The molecule has 6 heteroatoms. The Bertz CT molecular complexity index is 416. The molecule has 6 nitrogen and oxygen atoms in total. The highest BCUT2D eigenvalue weighted by Crippen LogP contribution is 2.23. The van der Waals surface area contributed by atoms with Crippen LogP contribution in [-0.4, -0.2) is 46.9 Å². The van der Waals surface area contributed by atoms with Crippen LogP contribution in [0.1, 0.15) is 110 Å². The van der Waals surface area contributed by atoms with Gasteiger partial charge in [0.25, 0.3) is 0 Å². The number of aliphatic hydroxyl groups excluding tert-OH is 2. The van der Waals surface area contributed by atoms with E-state index in [0.717, 1.165) is 32.1 Å². The van der Waals surface area contributed by atoms with Crippen molar-refractivity contribution in [3.05, 3.63) is 0 Å². The second-order valence-corrected chi connectivity index (χ2v) is 8.68. The van der Waals surface area contributed by atoms with E-state index in [2.05, 4.69) is 0 Å². The molecule has 172 valence electrons. The van der Waals surface area contributed by atoms with E-state index in [0.29, 0.717) is 6.42 Å². The fourth-order valence-electron chi connectivity index (χ4n) is 3.83. The van der Waals surface area contributed by atoms with Crippen molar-refractivity contribution < 1.29 is 29.6 Å². The first-order valence-corrected chi connectivity index (χ1v) is 11.8. The molecular formula is C23H43O6-. The summed E-state index contributed by atoms with van der Waals surface area (Å²) in [7, 11) is 0. The van der Waals surface area contributed by atoms with E-state index in [1.165, 1.54) is 51.4 Å². The van der Waals surface area contributed by atoms with E-state index in [1.54, 1.807) is 6.92 Å². The number of rotatable bonds is 17. The quantitative estimate of drug-likeness (QED) is 0.353. The Morgan fingerprint density at radius 3 is 1.93 bits per heavy atom. The zero-order valence-corrected chi connectivity index (χ0v) is 18.5. The molecule has 0 saturated carbocycles. The van der Waals surface area contributed by atoms with Gasteiger partial charge in [0.1, 0.15) is 6.10 Å². The minimum Gasteiger partial charge on any atom is -0.550 e. The Morgan fingerprint density at radius 2 is 1.41 bits per heavy atom. The molecule has 0 aromatic heterocycles. The average molecular weight is 416 g/mol. The maximum atomic E-state index is 10.3. The van der Waals surface area contributed by atoms with Crippen LogP contribution >= 0.6 is 0 Å². The van der Waals surface area contributed by atoms with Crippen molar-refractivity contribution in [3.8, 4) is 0 Å². The van der Waals surface area contributed by atoms with Gasteiger partial charge in [-0.25, -0.2) is 0 Å². The number of unbranched alkanes of at least 4 members (excludes halogenated alkanes) is 11. The fourth-order valence-corrected chi connectivity index (χ4v) is 3.83. The largest absolute Gasteiger partial charge is 0.550 e. The Labute approximate surface area is 177 Å². The minimum atomic E-state index is -0.931. The molecule has 0 aromatic carbocycles. The van der Waals surface area contributed by atoms with Crippen LogP contribution in [0.25, 0.3) is 0 Å². The van der Waals surface area contributed by atoms with Gasteiger partial charge in [0.15, 0.2) is 6.29 Å². The topological polar surface area (TPSA) is 99.1 Å². The van der Waals surface area contributed by atoms with Crippen LogP contribution in [0.3, 0.4) is 0 Å². The molecule has 2 N–H and O–H groups in total. The lowest BCUT2D eigenvalue weighted by molar-refractivity contribution is -0.305. The van der Waals surface area contributed by atoms with E-state index in [4.69, 9.17) is 9.47 Å². The summed E-state index contributed by atoms with van der Waals surface area (Å²) >= 11 is 0. The van der Waals surface area contributed by atoms with Gasteiger partial charge in [-0.15, -0.1) is 0 Å². The van der Waals surface area contributed by atoms with Gasteiger partial charge in [-0.1, -0.05) is 70.6 Å². The zero-order valence-electron chi connectivity index (χ0n) is 18.5. The van der Waals surface area contributed by atoms with Crippen molar-refractivity contribution in [2.45, 2.75) is 141 Å². The molecule has 0 bridgehead atoms. The van der Waals surface area contributed by atoms with Gasteiger partial charge in [-0.05, 0) is 33.1 Å². The standard InChI is InChI=1S/C23H44O6/c1-18(28-23-21(25)17-20(24)19(2)29-23)15-13-11-9-7-5-3-4-6-8-10-12-14-16-22(26)27/h18-21,23-25H,3-17H2,1-2H3,(H,26,27)/p-1/t18-,19+,20-,21-,23-/m1/s1. The molecule has 5 atom stereocenters. The summed E-state index contributed by atoms with van der Waals surface area (Å²) < 4.78 is 11.4. The van der Waals surface area contributed by atoms with Gasteiger partial charge in [0.05, 0.1) is 18.3 Å². The van der Waals surface area contributed by atoms with Crippen LogP contribution in [0.5, 0.6) is 0 Å². The van der Waals surface area contributed by atoms with Crippen molar-refractivity contribution in [2.75, 3.05) is 0 Å². The van der Waals surface area contributed by atoms with E-state index in [9.17, 15) is 20.1 Å².